The summed E-state index contributed by atoms with van der Waals surface area (Å²) in [6.45, 7) is 8.38. The first-order valence-electron chi connectivity index (χ1n) is 5.95. The third-order valence-electron chi connectivity index (χ3n) is 3.25. The van der Waals surface area contributed by atoms with Gasteiger partial charge in [-0.05, 0) is 49.9 Å². The molecule has 0 aliphatic carbocycles. The molecule has 0 fully saturated rings. The lowest BCUT2D eigenvalue weighted by Gasteiger charge is -2.15. The summed E-state index contributed by atoms with van der Waals surface area (Å²) in [5.41, 5.74) is 9.56. The summed E-state index contributed by atoms with van der Waals surface area (Å²) in [7, 11) is 0. The van der Waals surface area contributed by atoms with Crippen molar-refractivity contribution in [3.8, 4) is 0 Å². The molecule has 0 radical (unpaired) electrons. The van der Waals surface area contributed by atoms with Crippen molar-refractivity contribution in [1.29, 1.82) is 0 Å². The number of nitrogen functional groups attached to an aromatic ring is 1. The van der Waals surface area contributed by atoms with Gasteiger partial charge in [-0.1, -0.05) is 13.0 Å². The number of anilines is 1. The summed E-state index contributed by atoms with van der Waals surface area (Å²) in [5.74, 6) is 5.67. The zero-order chi connectivity index (χ0) is 12.6. The van der Waals surface area contributed by atoms with Gasteiger partial charge in [-0.15, -0.1) is 0 Å². The molecular weight excluding hydrogens is 210 g/mol. The molecule has 90 valence electrons. The van der Waals surface area contributed by atoms with E-state index in [1.54, 1.807) is 0 Å². The molecule has 0 bridgehead atoms. The normalized spacial score (nSPS) is 10.9. The average molecular weight is 229 g/mol. The van der Waals surface area contributed by atoms with Crippen LogP contribution in [0, 0.1) is 20.8 Å². The summed E-state index contributed by atoms with van der Waals surface area (Å²) in [6.07, 6.45) is 0.920. The fraction of sp³-hybridized carbons (Fsp3) is 0.357. The van der Waals surface area contributed by atoms with Gasteiger partial charge in [0.15, 0.2) is 0 Å². The van der Waals surface area contributed by atoms with E-state index in [0.717, 1.165) is 34.3 Å². The number of hydrogen-bond acceptors (Lipinski definition) is 3. The minimum absolute atomic E-state index is 0.920. The van der Waals surface area contributed by atoms with Crippen molar-refractivity contribution in [2.75, 3.05) is 5.43 Å². The van der Waals surface area contributed by atoms with Gasteiger partial charge in [0.05, 0.1) is 11.2 Å². The molecule has 2 aromatic rings. The second-order valence-electron chi connectivity index (χ2n) is 4.53. The van der Waals surface area contributed by atoms with Crippen LogP contribution in [0.4, 0.5) is 5.69 Å². The summed E-state index contributed by atoms with van der Waals surface area (Å²) in [6, 6.07) is 4.28. The lowest BCUT2D eigenvalue weighted by Crippen LogP contribution is -2.11. The molecule has 0 saturated carbocycles. The molecule has 3 nitrogen and oxygen atoms in total. The highest BCUT2D eigenvalue weighted by molar-refractivity contribution is 5.96. The van der Waals surface area contributed by atoms with E-state index in [9.17, 15) is 0 Å². The van der Waals surface area contributed by atoms with Gasteiger partial charge in [-0.3, -0.25) is 10.8 Å². The van der Waals surface area contributed by atoms with Crippen LogP contribution in [0.1, 0.15) is 29.3 Å². The second-order valence-corrected chi connectivity index (χ2v) is 4.53. The molecule has 17 heavy (non-hydrogen) atoms. The van der Waals surface area contributed by atoms with E-state index < -0.39 is 0 Å². The predicted molar refractivity (Wildman–Crippen MR) is 73.1 cm³/mol. The van der Waals surface area contributed by atoms with Gasteiger partial charge in [-0.25, -0.2) is 0 Å². The van der Waals surface area contributed by atoms with E-state index in [-0.39, 0.29) is 0 Å². The average Bonchev–Trinajstić information content (AvgIpc) is 2.29. The molecule has 1 aromatic carbocycles. The van der Waals surface area contributed by atoms with Gasteiger partial charge in [0.25, 0.3) is 0 Å². The van der Waals surface area contributed by atoms with Gasteiger partial charge in [-0.2, -0.15) is 0 Å². The lowest BCUT2D eigenvalue weighted by atomic mass is 10.0. The van der Waals surface area contributed by atoms with Crippen molar-refractivity contribution >= 4 is 16.6 Å². The number of rotatable bonds is 2. The number of nitrogens with one attached hydrogen (secondary N) is 1. The van der Waals surface area contributed by atoms with Crippen molar-refractivity contribution in [3.05, 3.63) is 34.5 Å². The first kappa shape index (κ1) is 11.9. The molecule has 0 saturated heterocycles. The summed E-state index contributed by atoms with van der Waals surface area (Å²) >= 11 is 0. The maximum atomic E-state index is 5.67. The lowest BCUT2D eigenvalue weighted by molar-refractivity contribution is 1.03. The smallest absolute Gasteiger partial charge is 0.0732 e. The van der Waals surface area contributed by atoms with Gasteiger partial charge in [0.2, 0.25) is 0 Å². The Morgan fingerprint density at radius 3 is 2.53 bits per heavy atom. The maximum Gasteiger partial charge on any atom is 0.0732 e. The van der Waals surface area contributed by atoms with E-state index in [0.29, 0.717) is 0 Å². The number of benzene rings is 1. The van der Waals surface area contributed by atoms with E-state index in [2.05, 4.69) is 45.3 Å². The number of aromatic nitrogens is 1. The Morgan fingerprint density at radius 1 is 1.24 bits per heavy atom. The molecule has 0 unspecified atom stereocenters. The molecule has 2 rings (SSSR count). The first-order valence-corrected chi connectivity index (χ1v) is 5.95. The predicted octanol–water partition coefficient (Wildman–Crippen LogP) is 3.01. The highest BCUT2D eigenvalue weighted by atomic mass is 15.2. The maximum absolute atomic E-state index is 5.67. The molecule has 1 heterocycles. The summed E-state index contributed by atoms with van der Waals surface area (Å²) < 4.78 is 0. The Labute approximate surface area is 102 Å². The molecule has 0 aliphatic rings. The van der Waals surface area contributed by atoms with Crippen LogP contribution in [-0.2, 0) is 6.42 Å². The molecule has 1 aromatic heterocycles. The number of nitrogens with two attached hydrogens (primary N) is 1. The Hall–Kier alpha value is -1.61. The monoisotopic (exact) mass is 229 g/mol. The Kier molecular flexibility index (Phi) is 3.03. The van der Waals surface area contributed by atoms with Crippen LogP contribution >= 0.6 is 0 Å². The summed E-state index contributed by atoms with van der Waals surface area (Å²) in [4.78, 5) is 4.73. The summed E-state index contributed by atoms with van der Waals surface area (Å²) in [5, 5.41) is 1.13. The number of hydrogen-bond donors (Lipinski definition) is 2. The quantitative estimate of drug-likeness (QED) is 0.615. The third-order valence-corrected chi connectivity index (χ3v) is 3.25. The number of aryl methyl sites for hydroxylation is 3. The topological polar surface area (TPSA) is 50.9 Å². The highest BCUT2D eigenvalue weighted by Crippen LogP contribution is 2.31. The van der Waals surface area contributed by atoms with Crippen LogP contribution in [0.15, 0.2) is 12.1 Å². The standard InChI is InChI=1S/C14H19N3/c1-5-11-10(4)14(17-15)13-9(3)6-8(2)7-12(13)16-11/h6-7H,5,15H2,1-4H3,(H,16,17). The van der Waals surface area contributed by atoms with Gasteiger partial charge in [0, 0.05) is 11.1 Å². The largest absolute Gasteiger partial charge is 0.323 e. The fourth-order valence-electron chi connectivity index (χ4n) is 2.44. The van der Waals surface area contributed by atoms with Crippen LogP contribution < -0.4 is 11.3 Å². The SMILES string of the molecule is CCc1nc2cc(C)cc(C)c2c(NN)c1C. The zero-order valence-electron chi connectivity index (χ0n) is 10.9. The van der Waals surface area contributed by atoms with Crippen LogP contribution in [0.25, 0.3) is 10.9 Å². The highest BCUT2D eigenvalue weighted by Gasteiger charge is 2.12. The Balaban J connectivity index is 2.92. The van der Waals surface area contributed by atoms with Gasteiger partial charge < -0.3 is 5.43 Å². The fourth-order valence-corrected chi connectivity index (χ4v) is 2.44. The zero-order valence-corrected chi connectivity index (χ0v) is 10.9. The van der Waals surface area contributed by atoms with E-state index in [4.69, 9.17) is 10.8 Å². The van der Waals surface area contributed by atoms with E-state index >= 15 is 0 Å². The number of hydrazine groups is 1. The number of pyridine rings is 1. The molecule has 3 heteroatoms. The Bertz CT molecular complexity index is 573. The second kappa shape index (κ2) is 4.34. The van der Waals surface area contributed by atoms with Crippen LogP contribution in [-0.4, -0.2) is 4.98 Å². The van der Waals surface area contributed by atoms with Crippen molar-refractivity contribution in [2.45, 2.75) is 34.1 Å². The van der Waals surface area contributed by atoms with Crippen molar-refractivity contribution in [1.82, 2.24) is 4.98 Å². The number of nitrogens with zero attached hydrogens (tertiary/aromatic N) is 1. The van der Waals surface area contributed by atoms with Crippen molar-refractivity contribution < 1.29 is 0 Å². The van der Waals surface area contributed by atoms with Gasteiger partial charge in [0.1, 0.15) is 0 Å². The first-order chi connectivity index (χ1) is 8.08. The Morgan fingerprint density at radius 2 is 1.94 bits per heavy atom. The third kappa shape index (κ3) is 1.87. The molecule has 0 atom stereocenters. The molecule has 0 aliphatic heterocycles. The molecular formula is C14H19N3. The molecule has 3 N–H and O–H groups in total. The minimum Gasteiger partial charge on any atom is -0.323 e. The van der Waals surface area contributed by atoms with Crippen LogP contribution in [0.3, 0.4) is 0 Å². The number of fused-ring (bicyclic) bond motifs is 1. The van der Waals surface area contributed by atoms with E-state index in [1.165, 1.54) is 11.1 Å². The van der Waals surface area contributed by atoms with Crippen molar-refractivity contribution in [2.24, 2.45) is 5.84 Å². The molecule has 0 spiro atoms. The van der Waals surface area contributed by atoms with Gasteiger partial charge >= 0.3 is 0 Å². The van der Waals surface area contributed by atoms with Crippen LogP contribution in [0.5, 0.6) is 0 Å². The van der Waals surface area contributed by atoms with Crippen LogP contribution in [0.2, 0.25) is 0 Å². The van der Waals surface area contributed by atoms with Crippen molar-refractivity contribution in [3.63, 3.8) is 0 Å². The van der Waals surface area contributed by atoms with E-state index in [1.807, 2.05) is 0 Å². The minimum atomic E-state index is 0.920. The molecule has 0 amide bonds.